The van der Waals surface area contributed by atoms with Crippen LogP contribution in [0.25, 0.3) is 10.1 Å². The molecule has 5 nitrogen and oxygen atoms in total. The summed E-state index contributed by atoms with van der Waals surface area (Å²) in [5.41, 5.74) is 0.452. The van der Waals surface area contributed by atoms with E-state index in [4.69, 9.17) is 5.11 Å². The first-order chi connectivity index (χ1) is 10.1. The third-order valence-electron chi connectivity index (χ3n) is 2.95. The number of benzene rings is 1. The fourth-order valence-electron chi connectivity index (χ4n) is 1.97. The van der Waals surface area contributed by atoms with Crippen molar-refractivity contribution in [3.8, 4) is 0 Å². The van der Waals surface area contributed by atoms with Gasteiger partial charge in [0.15, 0.2) is 0 Å². The molecule has 0 atom stereocenters. The molecule has 0 unspecified atom stereocenters. The number of fused-ring (bicyclic) bond motifs is 1. The number of carboxylic acid groups (broad SMARTS) is 1. The minimum Gasteiger partial charge on any atom is -0.478 e. The van der Waals surface area contributed by atoms with Crippen molar-refractivity contribution in [1.82, 2.24) is 4.37 Å². The van der Waals surface area contributed by atoms with Gasteiger partial charge in [0.05, 0.1) is 10.6 Å². The van der Waals surface area contributed by atoms with Gasteiger partial charge in [-0.15, -0.1) is 11.3 Å². The molecule has 21 heavy (non-hydrogen) atoms. The number of aryl methyl sites for hydroxylation is 1. The number of carbonyl (C=O) groups is 2. The fraction of sp³-hybridized carbons (Fsp3) is 0.0714. The second-order valence-electron chi connectivity index (χ2n) is 4.38. The van der Waals surface area contributed by atoms with Crippen molar-refractivity contribution in [2.24, 2.45) is 0 Å². The molecule has 2 N–H and O–H groups in total. The number of nitrogens with one attached hydrogen (secondary N) is 1. The summed E-state index contributed by atoms with van der Waals surface area (Å²) in [6.07, 6.45) is 0. The molecular formula is C14H10N2O3S2. The molecule has 0 fully saturated rings. The van der Waals surface area contributed by atoms with Crippen LogP contribution < -0.4 is 5.32 Å². The van der Waals surface area contributed by atoms with E-state index in [1.807, 2.05) is 24.3 Å². The molecule has 0 aliphatic carbocycles. The predicted molar refractivity (Wildman–Crippen MR) is 83.6 cm³/mol. The van der Waals surface area contributed by atoms with Gasteiger partial charge in [0.1, 0.15) is 10.6 Å². The van der Waals surface area contributed by atoms with Crippen LogP contribution in [0.1, 0.15) is 25.7 Å². The van der Waals surface area contributed by atoms with E-state index >= 15 is 0 Å². The Bertz CT molecular complexity index is 818. The average molecular weight is 318 g/mol. The quantitative estimate of drug-likeness (QED) is 0.773. The number of thiophene rings is 1. The summed E-state index contributed by atoms with van der Waals surface area (Å²) in [5.74, 6) is -1.41. The van der Waals surface area contributed by atoms with Gasteiger partial charge in [-0.1, -0.05) is 18.2 Å². The molecule has 3 rings (SSSR count). The van der Waals surface area contributed by atoms with E-state index in [1.54, 1.807) is 13.0 Å². The largest absolute Gasteiger partial charge is 0.478 e. The molecule has 0 bridgehead atoms. The van der Waals surface area contributed by atoms with Gasteiger partial charge in [0, 0.05) is 4.70 Å². The van der Waals surface area contributed by atoms with Crippen molar-refractivity contribution < 1.29 is 14.7 Å². The minimum absolute atomic E-state index is 0.0504. The minimum atomic E-state index is -1.09. The Hall–Kier alpha value is -2.25. The standard InChI is InChI=1S/C14H10N2O3S2/c1-7-11(14(18)19)13(21-16-7)15-12(17)10-6-8-4-2-3-5-9(8)20-10/h2-6H,1H3,(H,15,17)(H,18,19). The summed E-state index contributed by atoms with van der Waals surface area (Å²) in [5, 5.41) is 13.0. The Morgan fingerprint density at radius 1 is 1.29 bits per heavy atom. The van der Waals surface area contributed by atoms with Gasteiger partial charge >= 0.3 is 5.97 Å². The smallest absolute Gasteiger partial charge is 0.340 e. The Morgan fingerprint density at radius 3 is 2.76 bits per heavy atom. The molecule has 2 aromatic heterocycles. The zero-order valence-corrected chi connectivity index (χ0v) is 12.5. The number of aromatic nitrogens is 1. The first kappa shape index (κ1) is 13.7. The van der Waals surface area contributed by atoms with Gasteiger partial charge in [-0.2, -0.15) is 4.37 Å². The average Bonchev–Trinajstić information content (AvgIpc) is 3.02. The highest BCUT2D eigenvalue weighted by molar-refractivity contribution is 7.21. The Labute approximate surface area is 128 Å². The van der Waals surface area contributed by atoms with Crippen LogP contribution in [0.5, 0.6) is 0 Å². The lowest BCUT2D eigenvalue weighted by Crippen LogP contribution is -2.12. The van der Waals surface area contributed by atoms with Crippen molar-refractivity contribution in [2.75, 3.05) is 5.32 Å². The summed E-state index contributed by atoms with van der Waals surface area (Å²) in [7, 11) is 0. The van der Waals surface area contributed by atoms with Crippen LogP contribution in [0, 0.1) is 6.92 Å². The maximum Gasteiger partial charge on any atom is 0.340 e. The van der Waals surface area contributed by atoms with Crippen LogP contribution in [0.4, 0.5) is 5.00 Å². The lowest BCUT2D eigenvalue weighted by molar-refractivity contribution is 0.0697. The van der Waals surface area contributed by atoms with Crippen LogP contribution in [-0.2, 0) is 0 Å². The molecular weight excluding hydrogens is 308 g/mol. The van der Waals surface area contributed by atoms with E-state index in [1.165, 1.54) is 11.3 Å². The molecule has 0 spiro atoms. The molecule has 1 aromatic carbocycles. The van der Waals surface area contributed by atoms with Crippen molar-refractivity contribution in [2.45, 2.75) is 6.92 Å². The summed E-state index contributed by atoms with van der Waals surface area (Å²) < 4.78 is 4.99. The second-order valence-corrected chi connectivity index (χ2v) is 6.24. The number of hydrogen-bond acceptors (Lipinski definition) is 5. The zero-order valence-electron chi connectivity index (χ0n) is 10.9. The van der Waals surface area contributed by atoms with E-state index in [9.17, 15) is 9.59 Å². The van der Waals surface area contributed by atoms with Gasteiger partial charge < -0.3 is 10.4 Å². The van der Waals surface area contributed by atoms with Gasteiger partial charge in [0.2, 0.25) is 0 Å². The Morgan fingerprint density at radius 2 is 2.05 bits per heavy atom. The number of aromatic carboxylic acids is 1. The first-order valence-electron chi connectivity index (χ1n) is 6.06. The number of anilines is 1. The molecule has 0 aliphatic rings. The number of hydrogen-bond donors (Lipinski definition) is 2. The number of nitrogens with zero attached hydrogens (tertiary/aromatic N) is 1. The highest BCUT2D eigenvalue weighted by Crippen LogP contribution is 2.28. The second kappa shape index (κ2) is 5.27. The topological polar surface area (TPSA) is 79.3 Å². The van der Waals surface area contributed by atoms with Crippen LogP contribution in [0.3, 0.4) is 0 Å². The molecule has 106 valence electrons. The maximum absolute atomic E-state index is 12.3. The van der Waals surface area contributed by atoms with E-state index in [0.717, 1.165) is 21.6 Å². The monoisotopic (exact) mass is 318 g/mol. The van der Waals surface area contributed by atoms with Gasteiger partial charge in [-0.05, 0) is 36.0 Å². The normalized spacial score (nSPS) is 10.7. The number of rotatable bonds is 3. The number of carboxylic acids is 1. The number of amides is 1. The fourth-order valence-corrected chi connectivity index (χ4v) is 3.71. The van der Waals surface area contributed by atoms with Crippen LogP contribution in [0.15, 0.2) is 30.3 Å². The molecule has 0 saturated heterocycles. The predicted octanol–water partition coefficient (Wildman–Crippen LogP) is 3.62. The highest BCUT2D eigenvalue weighted by Gasteiger charge is 2.20. The molecule has 7 heteroatoms. The lowest BCUT2D eigenvalue weighted by atomic mass is 10.2. The van der Waals surface area contributed by atoms with E-state index in [-0.39, 0.29) is 16.5 Å². The molecule has 1 amide bonds. The van der Waals surface area contributed by atoms with Crippen LogP contribution >= 0.6 is 22.9 Å². The van der Waals surface area contributed by atoms with E-state index in [0.29, 0.717) is 10.6 Å². The van der Waals surface area contributed by atoms with Gasteiger partial charge in [-0.25, -0.2) is 4.79 Å². The first-order valence-corrected chi connectivity index (χ1v) is 7.65. The van der Waals surface area contributed by atoms with E-state index in [2.05, 4.69) is 9.69 Å². The molecule has 0 aliphatic heterocycles. The van der Waals surface area contributed by atoms with Gasteiger partial charge in [-0.3, -0.25) is 4.79 Å². The van der Waals surface area contributed by atoms with Crippen molar-refractivity contribution in [1.29, 1.82) is 0 Å². The Kier molecular flexibility index (Phi) is 3.44. The van der Waals surface area contributed by atoms with Crippen LogP contribution in [0.2, 0.25) is 0 Å². The number of carbonyl (C=O) groups excluding carboxylic acids is 1. The molecule has 0 saturated carbocycles. The maximum atomic E-state index is 12.3. The zero-order chi connectivity index (χ0) is 15.0. The summed E-state index contributed by atoms with van der Waals surface area (Å²) in [6, 6.07) is 9.49. The molecule has 2 heterocycles. The SMILES string of the molecule is Cc1nsc(NC(=O)c2cc3ccccc3s2)c1C(=O)O. The van der Waals surface area contributed by atoms with Crippen LogP contribution in [-0.4, -0.2) is 21.4 Å². The third-order valence-corrected chi connectivity index (χ3v) is 4.92. The highest BCUT2D eigenvalue weighted by atomic mass is 32.1. The molecule has 3 aromatic rings. The van der Waals surface area contributed by atoms with Crippen molar-refractivity contribution in [3.63, 3.8) is 0 Å². The summed E-state index contributed by atoms with van der Waals surface area (Å²) in [4.78, 5) is 24.0. The van der Waals surface area contributed by atoms with Crippen molar-refractivity contribution in [3.05, 3.63) is 46.5 Å². The summed E-state index contributed by atoms with van der Waals surface area (Å²) >= 11 is 2.35. The van der Waals surface area contributed by atoms with Gasteiger partial charge in [0.25, 0.3) is 5.91 Å². The Balaban J connectivity index is 1.91. The van der Waals surface area contributed by atoms with E-state index < -0.39 is 5.97 Å². The third kappa shape index (κ3) is 2.53. The summed E-state index contributed by atoms with van der Waals surface area (Å²) in [6.45, 7) is 1.61. The van der Waals surface area contributed by atoms with Crippen molar-refractivity contribution >= 4 is 49.8 Å². The lowest BCUT2D eigenvalue weighted by Gasteiger charge is -2.01. The molecule has 0 radical (unpaired) electrons.